The van der Waals surface area contributed by atoms with E-state index < -0.39 is 14.9 Å². The molecule has 1 N–H and O–H groups in total. The number of sulfonamides is 1. The van der Waals surface area contributed by atoms with E-state index in [1.165, 1.54) is 27.8 Å². The lowest BCUT2D eigenvalue weighted by molar-refractivity contribution is -0.883. The van der Waals surface area contributed by atoms with Gasteiger partial charge in [0.2, 0.25) is 10.0 Å². The van der Waals surface area contributed by atoms with Gasteiger partial charge in [-0.05, 0) is 31.9 Å². The molecule has 1 saturated carbocycles. The van der Waals surface area contributed by atoms with Gasteiger partial charge >= 0.3 is 0 Å². The maximum absolute atomic E-state index is 13.0. The molecule has 1 aliphatic heterocycles. The van der Waals surface area contributed by atoms with Crippen LogP contribution in [0.3, 0.4) is 0 Å². The van der Waals surface area contributed by atoms with Crippen molar-refractivity contribution in [3.05, 3.63) is 28.3 Å². The Bertz CT molecular complexity index is 800. The molecule has 0 aromatic heterocycles. The molecule has 0 atom stereocenters. The zero-order chi connectivity index (χ0) is 20.3. The molecule has 1 saturated heterocycles. The van der Waals surface area contributed by atoms with E-state index in [0.717, 1.165) is 38.8 Å². The van der Waals surface area contributed by atoms with Gasteiger partial charge in [0.25, 0.3) is 5.69 Å². The van der Waals surface area contributed by atoms with Crippen LogP contribution in [-0.2, 0) is 10.0 Å². The predicted octanol–water partition coefficient (Wildman–Crippen LogP) is 1.27. The number of nitro groups is 1. The molecule has 2 aliphatic rings. The maximum Gasteiger partial charge on any atom is 0.293 e. The van der Waals surface area contributed by atoms with Crippen molar-refractivity contribution >= 4 is 21.4 Å². The minimum atomic E-state index is -3.72. The van der Waals surface area contributed by atoms with Crippen LogP contribution < -0.4 is 9.80 Å². The van der Waals surface area contributed by atoms with Crippen molar-refractivity contribution in [3.63, 3.8) is 0 Å². The number of nitrogens with one attached hydrogen (secondary N) is 1. The summed E-state index contributed by atoms with van der Waals surface area (Å²) in [4.78, 5) is 14.7. The summed E-state index contributed by atoms with van der Waals surface area (Å²) >= 11 is 0. The Morgan fingerprint density at radius 1 is 1.21 bits per heavy atom. The molecule has 1 aromatic rings. The van der Waals surface area contributed by atoms with E-state index in [1.54, 1.807) is 6.07 Å². The van der Waals surface area contributed by atoms with Gasteiger partial charge in [-0.2, -0.15) is 4.31 Å². The van der Waals surface area contributed by atoms with E-state index in [4.69, 9.17) is 0 Å². The normalized spacial score (nSPS) is 20.2. The maximum atomic E-state index is 13.0. The van der Waals surface area contributed by atoms with Gasteiger partial charge in [-0.3, -0.25) is 10.1 Å². The molecule has 1 aliphatic carbocycles. The molecule has 156 valence electrons. The highest BCUT2D eigenvalue weighted by Crippen LogP contribution is 2.35. The van der Waals surface area contributed by atoms with Crippen molar-refractivity contribution in [2.75, 3.05) is 44.7 Å². The zero-order valence-electron chi connectivity index (χ0n) is 16.8. The number of likely N-dealkylation sites (N-methyl/N-ethyl adjacent to an activating group) is 1. The van der Waals surface area contributed by atoms with E-state index in [-0.39, 0.29) is 16.6 Å². The number of rotatable bonds is 6. The van der Waals surface area contributed by atoms with Crippen LogP contribution in [-0.4, -0.2) is 63.5 Å². The van der Waals surface area contributed by atoms with Crippen molar-refractivity contribution in [2.45, 2.75) is 50.0 Å². The number of hydrogen-bond acceptors (Lipinski definition) is 5. The lowest BCUT2D eigenvalue weighted by Crippen LogP contribution is -3.12. The SMILES string of the molecule is CCN(c1ccc(S(=O)(=O)N2CC[NH+](C)CC2)cc1[N+](=O)[O-])C1CCCCC1. The number of hydrogen-bond donors (Lipinski definition) is 1. The second-order valence-corrected chi connectivity index (χ2v) is 9.78. The molecule has 9 heteroatoms. The molecule has 1 aromatic carbocycles. The lowest BCUT2D eigenvalue weighted by atomic mass is 9.93. The van der Waals surface area contributed by atoms with Crippen LogP contribution in [0.4, 0.5) is 11.4 Å². The Morgan fingerprint density at radius 3 is 2.43 bits per heavy atom. The van der Waals surface area contributed by atoms with Gasteiger partial charge in [0.1, 0.15) is 5.69 Å². The number of benzene rings is 1. The van der Waals surface area contributed by atoms with Gasteiger partial charge < -0.3 is 9.80 Å². The van der Waals surface area contributed by atoms with E-state index >= 15 is 0 Å². The summed E-state index contributed by atoms with van der Waals surface area (Å²) in [6.45, 7) is 5.02. The standard InChI is InChI=1S/C19H30N4O4S/c1-3-22(16-7-5-4-6-8-16)18-10-9-17(15-19(18)23(24)25)28(26,27)21-13-11-20(2)12-14-21/h9-10,15-16H,3-8,11-14H2,1-2H3/p+1. The second kappa shape index (κ2) is 8.75. The third kappa shape index (κ3) is 4.31. The summed E-state index contributed by atoms with van der Waals surface area (Å²) in [5.41, 5.74) is 0.412. The fourth-order valence-corrected chi connectivity index (χ4v) is 5.79. The van der Waals surface area contributed by atoms with Gasteiger partial charge in [-0.15, -0.1) is 0 Å². The van der Waals surface area contributed by atoms with Crippen molar-refractivity contribution < 1.29 is 18.2 Å². The third-order valence-electron chi connectivity index (χ3n) is 6.02. The van der Waals surface area contributed by atoms with Gasteiger partial charge in [-0.25, -0.2) is 8.42 Å². The predicted molar refractivity (Wildman–Crippen MR) is 108 cm³/mol. The molecule has 0 bridgehead atoms. The molecule has 0 unspecified atom stereocenters. The average molecular weight is 412 g/mol. The number of quaternary nitrogens is 1. The molecular formula is C19H31N4O4S+. The monoisotopic (exact) mass is 411 g/mol. The number of nitrogens with zero attached hydrogens (tertiary/aromatic N) is 3. The highest BCUT2D eigenvalue weighted by atomic mass is 32.2. The first-order valence-corrected chi connectivity index (χ1v) is 11.6. The fourth-order valence-electron chi connectivity index (χ4n) is 4.33. The second-order valence-electron chi connectivity index (χ2n) is 7.85. The van der Waals surface area contributed by atoms with Crippen LogP contribution in [0, 0.1) is 10.1 Å². The number of anilines is 1. The lowest BCUT2D eigenvalue weighted by Gasteiger charge is -2.35. The smallest absolute Gasteiger partial charge is 0.293 e. The van der Waals surface area contributed by atoms with Gasteiger partial charge in [0.05, 0.1) is 43.0 Å². The van der Waals surface area contributed by atoms with E-state index in [2.05, 4.69) is 4.90 Å². The van der Waals surface area contributed by atoms with Gasteiger partial charge in [-0.1, -0.05) is 19.3 Å². The minimum absolute atomic E-state index is 0.0159. The molecule has 1 heterocycles. The summed E-state index contributed by atoms with van der Waals surface area (Å²) < 4.78 is 27.4. The van der Waals surface area contributed by atoms with Crippen LogP contribution in [0.1, 0.15) is 39.0 Å². The molecule has 3 rings (SSSR count). The summed E-state index contributed by atoms with van der Waals surface area (Å²) in [7, 11) is -1.68. The summed E-state index contributed by atoms with van der Waals surface area (Å²) in [5.74, 6) is 0. The van der Waals surface area contributed by atoms with Gasteiger partial charge in [0.15, 0.2) is 0 Å². The average Bonchev–Trinajstić information content (AvgIpc) is 2.69. The van der Waals surface area contributed by atoms with Crippen LogP contribution in [0.5, 0.6) is 0 Å². The van der Waals surface area contributed by atoms with Crippen molar-refractivity contribution in [3.8, 4) is 0 Å². The quantitative estimate of drug-likeness (QED) is 0.563. The molecule has 0 amide bonds. The highest BCUT2D eigenvalue weighted by Gasteiger charge is 2.32. The number of nitro benzene ring substituents is 1. The third-order valence-corrected chi connectivity index (χ3v) is 7.92. The van der Waals surface area contributed by atoms with E-state index in [0.29, 0.717) is 25.3 Å². The molecule has 2 fully saturated rings. The first kappa shape index (κ1) is 21.0. The Balaban J connectivity index is 1.93. The molecule has 0 radical (unpaired) electrons. The first-order chi connectivity index (χ1) is 13.3. The summed E-state index contributed by atoms with van der Waals surface area (Å²) in [6.07, 6.45) is 5.52. The van der Waals surface area contributed by atoms with Crippen molar-refractivity contribution in [1.82, 2.24) is 4.31 Å². The molecule has 8 nitrogen and oxygen atoms in total. The molecule has 0 spiro atoms. The first-order valence-electron chi connectivity index (χ1n) is 10.2. The molecule has 28 heavy (non-hydrogen) atoms. The van der Waals surface area contributed by atoms with Crippen LogP contribution >= 0.6 is 0 Å². The largest absolute Gasteiger partial charge is 0.363 e. The van der Waals surface area contributed by atoms with Crippen LogP contribution in [0.25, 0.3) is 0 Å². The topological polar surface area (TPSA) is 88.2 Å². The zero-order valence-corrected chi connectivity index (χ0v) is 17.6. The number of piperazine rings is 1. The van der Waals surface area contributed by atoms with Crippen LogP contribution in [0.15, 0.2) is 23.1 Å². The van der Waals surface area contributed by atoms with E-state index in [9.17, 15) is 18.5 Å². The Labute approximate surface area is 167 Å². The van der Waals surface area contributed by atoms with Crippen molar-refractivity contribution in [2.24, 2.45) is 0 Å². The van der Waals surface area contributed by atoms with E-state index in [1.807, 2.05) is 14.0 Å². The molecular weight excluding hydrogens is 380 g/mol. The summed E-state index contributed by atoms with van der Waals surface area (Å²) in [5, 5.41) is 11.8. The van der Waals surface area contributed by atoms with Gasteiger partial charge in [0, 0.05) is 18.7 Å². The van der Waals surface area contributed by atoms with Crippen LogP contribution in [0.2, 0.25) is 0 Å². The highest BCUT2D eigenvalue weighted by molar-refractivity contribution is 7.89. The fraction of sp³-hybridized carbons (Fsp3) is 0.684. The summed E-state index contributed by atoms with van der Waals surface area (Å²) in [6, 6.07) is 4.70. The van der Waals surface area contributed by atoms with Crippen molar-refractivity contribution in [1.29, 1.82) is 0 Å². The Morgan fingerprint density at radius 2 is 1.86 bits per heavy atom. The minimum Gasteiger partial charge on any atom is -0.363 e. The Kier molecular flexibility index (Phi) is 6.57. The Hall–Kier alpha value is -1.71.